The highest BCUT2D eigenvalue weighted by Crippen LogP contribution is 2.35. The van der Waals surface area contributed by atoms with Gasteiger partial charge in [-0.2, -0.15) is 0 Å². The van der Waals surface area contributed by atoms with Crippen LogP contribution in [-0.2, 0) is 0 Å². The Morgan fingerprint density at radius 3 is 2.29 bits per heavy atom. The Bertz CT molecular complexity index is 173. The zero-order valence-electron chi connectivity index (χ0n) is 10.1. The van der Waals surface area contributed by atoms with E-state index in [-0.39, 0.29) is 11.5 Å². The molecule has 1 saturated heterocycles. The summed E-state index contributed by atoms with van der Waals surface area (Å²) in [6.07, 6.45) is 4.88. The van der Waals surface area contributed by atoms with Crippen LogP contribution in [0.15, 0.2) is 0 Å². The summed E-state index contributed by atoms with van der Waals surface area (Å²) >= 11 is 0. The molecule has 1 aliphatic rings. The van der Waals surface area contributed by atoms with Gasteiger partial charge in [-0.15, -0.1) is 0 Å². The third kappa shape index (κ3) is 2.48. The molecular formula is C12H25NO. The van der Waals surface area contributed by atoms with Gasteiger partial charge in [-0.05, 0) is 31.7 Å². The predicted molar refractivity (Wildman–Crippen MR) is 60.3 cm³/mol. The molecule has 2 atom stereocenters. The van der Waals surface area contributed by atoms with Crippen LogP contribution in [0.5, 0.6) is 0 Å². The Kier molecular flexibility index (Phi) is 3.59. The smallest absolute Gasteiger partial charge is 0.0819 e. The van der Waals surface area contributed by atoms with Gasteiger partial charge in [0.15, 0.2) is 0 Å². The molecule has 1 heterocycles. The van der Waals surface area contributed by atoms with Crippen LogP contribution in [0.2, 0.25) is 0 Å². The second kappa shape index (κ2) is 4.19. The second-order valence-electron chi connectivity index (χ2n) is 5.75. The minimum absolute atomic E-state index is 0.0605. The molecule has 0 spiro atoms. The SMILES string of the molecule is CC(C)(C)C(C)(O)C1CCCCCN1. The van der Waals surface area contributed by atoms with E-state index in [2.05, 4.69) is 26.1 Å². The fourth-order valence-corrected chi connectivity index (χ4v) is 2.03. The van der Waals surface area contributed by atoms with Crippen LogP contribution >= 0.6 is 0 Å². The fourth-order valence-electron chi connectivity index (χ4n) is 2.03. The lowest BCUT2D eigenvalue weighted by atomic mass is 9.72. The average Bonchev–Trinajstić information content (AvgIpc) is 2.29. The zero-order valence-corrected chi connectivity index (χ0v) is 10.1. The van der Waals surface area contributed by atoms with Crippen LogP contribution in [0.25, 0.3) is 0 Å². The van der Waals surface area contributed by atoms with E-state index >= 15 is 0 Å². The highest BCUT2D eigenvalue weighted by Gasteiger charge is 2.42. The van der Waals surface area contributed by atoms with Crippen molar-refractivity contribution in [1.82, 2.24) is 5.32 Å². The quantitative estimate of drug-likeness (QED) is 0.679. The summed E-state index contributed by atoms with van der Waals surface area (Å²) in [4.78, 5) is 0. The molecule has 0 aromatic carbocycles. The summed E-state index contributed by atoms with van der Waals surface area (Å²) in [6, 6.07) is 0.255. The van der Waals surface area contributed by atoms with Gasteiger partial charge in [-0.25, -0.2) is 0 Å². The van der Waals surface area contributed by atoms with Gasteiger partial charge in [0.05, 0.1) is 5.60 Å². The van der Waals surface area contributed by atoms with Gasteiger partial charge < -0.3 is 10.4 Å². The lowest BCUT2D eigenvalue weighted by Crippen LogP contribution is -2.56. The molecule has 1 aliphatic heterocycles. The topological polar surface area (TPSA) is 32.3 Å². The van der Waals surface area contributed by atoms with Crippen LogP contribution in [-0.4, -0.2) is 23.3 Å². The van der Waals surface area contributed by atoms with Gasteiger partial charge in [0.25, 0.3) is 0 Å². The summed E-state index contributed by atoms with van der Waals surface area (Å²) < 4.78 is 0. The van der Waals surface area contributed by atoms with Crippen LogP contribution in [0.1, 0.15) is 53.4 Å². The van der Waals surface area contributed by atoms with Crippen molar-refractivity contribution in [2.45, 2.75) is 65.0 Å². The van der Waals surface area contributed by atoms with Gasteiger partial charge in [0.1, 0.15) is 0 Å². The van der Waals surface area contributed by atoms with Crippen LogP contribution < -0.4 is 5.32 Å². The van der Waals surface area contributed by atoms with Crippen LogP contribution in [0.4, 0.5) is 0 Å². The van der Waals surface area contributed by atoms with Crippen molar-refractivity contribution in [3.8, 4) is 0 Å². The first-order chi connectivity index (χ1) is 6.36. The van der Waals surface area contributed by atoms with Crippen LogP contribution in [0, 0.1) is 5.41 Å². The number of aliphatic hydroxyl groups is 1. The Balaban J connectivity index is 2.69. The normalized spacial score (nSPS) is 29.4. The number of rotatable bonds is 1. The van der Waals surface area contributed by atoms with Crippen molar-refractivity contribution in [1.29, 1.82) is 0 Å². The number of hydrogen-bond donors (Lipinski definition) is 2. The molecular weight excluding hydrogens is 174 g/mol. The maximum absolute atomic E-state index is 10.5. The zero-order chi connectivity index (χ0) is 10.8. The molecule has 1 fully saturated rings. The third-order valence-electron chi connectivity index (χ3n) is 3.76. The van der Waals surface area contributed by atoms with Gasteiger partial charge >= 0.3 is 0 Å². The fraction of sp³-hybridized carbons (Fsp3) is 1.00. The molecule has 1 rings (SSSR count). The Labute approximate surface area is 88.1 Å². The number of nitrogens with one attached hydrogen (secondary N) is 1. The van der Waals surface area contributed by atoms with Crippen LogP contribution in [0.3, 0.4) is 0 Å². The lowest BCUT2D eigenvalue weighted by Gasteiger charge is -2.43. The van der Waals surface area contributed by atoms with E-state index < -0.39 is 5.60 Å². The molecule has 2 nitrogen and oxygen atoms in total. The van der Waals surface area contributed by atoms with Crippen molar-refractivity contribution in [2.75, 3.05) is 6.54 Å². The van der Waals surface area contributed by atoms with E-state index in [4.69, 9.17) is 0 Å². The average molecular weight is 199 g/mol. The minimum Gasteiger partial charge on any atom is -0.388 e. The molecule has 0 aromatic rings. The maximum Gasteiger partial charge on any atom is 0.0819 e. The van der Waals surface area contributed by atoms with E-state index in [0.29, 0.717) is 0 Å². The standard InChI is InChI=1S/C12H25NO/c1-11(2,3)12(4,14)10-8-6-5-7-9-13-10/h10,13-14H,5-9H2,1-4H3. The molecule has 0 amide bonds. The van der Waals surface area contributed by atoms with Gasteiger partial charge in [-0.3, -0.25) is 0 Å². The molecule has 0 aliphatic carbocycles. The van der Waals surface area contributed by atoms with Gasteiger partial charge in [-0.1, -0.05) is 33.6 Å². The lowest BCUT2D eigenvalue weighted by molar-refractivity contribution is -0.0722. The van der Waals surface area contributed by atoms with Crippen molar-refractivity contribution in [3.63, 3.8) is 0 Å². The Morgan fingerprint density at radius 2 is 1.71 bits per heavy atom. The summed E-state index contributed by atoms with van der Waals surface area (Å²) in [7, 11) is 0. The summed E-state index contributed by atoms with van der Waals surface area (Å²) in [5, 5.41) is 14.0. The van der Waals surface area contributed by atoms with Gasteiger partial charge in [0, 0.05) is 6.04 Å². The molecule has 84 valence electrons. The first-order valence-corrected chi connectivity index (χ1v) is 5.81. The van der Waals surface area contributed by atoms with Crippen molar-refractivity contribution < 1.29 is 5.11 Å². The molecule has 14 heavy (non-hydrogen) atoms. The second-order valence-corrected chi connectivity index (χ2v) is 5.75. The van der Waals surface area contributed by atoms with E-state index in [9.17, 15) is 5.11 Å². The third-order valence-corrected chi connectivity index (χ3v) is 3.76. The Morgan fingerprint density at radius 1 is 1.07 bits per heavy atom. The van der Waals surface area contributed by atoms with Crippen molar-refractivity contribution in [3.05, 3.63) is 0 Å². The molecule has 0 saturated carbocycles. The van der Waals surface area contributed by atoms with Gasteiger partial charge in [0.2, 0.25) is 0 Å². The summed E-state index contributed by atoms with van der Waals surface area (Å²) in [5.41, 5.74) is -0.674. The van der Waals surface area contributed by atoms with E-state index in [1.807, 2.05) is 6.92 Å². The summed E-state index contributed by atoms with van der Waals surface area (Å²) in [6.45, 7) is 9.35. The van der Waals surface area contributed by atoms with E-state index in [1.165, 1.54) is 19.3 Å². The predicted octanol–water partition coefficient (Wildman–Crippen LogP) is 2.32. The largest absolute Gasteiger partial charge is 0.388 e. The van der Waals surface area contributed by atoms with E-state index in [0.717, 1.165) is 13.0 Å². The Hall–Kier alpha value is -0.0800. The molecule has 2 heteroatoms. The minimum atomic E-state index is -0.614. The maximum atomic E-state index is 10.5. The van der Waals surface area contributed by atoms with Crippen molar-refractivity contribution in [2.24, 2.45) is 5.41 Å². The van der Waals surface area contributed by atoms with Crippen molar-refractivity contribution >= 4 is 0 Å². The molecule has 0 aromatic heterocycles. The first kappa shape index (κ1) is 12.0. The highest BCUT2D eigenvalue weighted by molar-refractivity contribution is 4.97. The molecule has 2 unspecified atom stereocenters. The summed E-state index contributed by atoms with van der Waals surface area (Å²) in [5.74, 6) is 0. The van der Waals surface area contributed by atoms with E-state index in [1.54, 1.807) is 0 Å². The molecule has 0 bridgehead atoms. The highest BCUT2D eigenvalue weighted by atomic mass is 16.3. The molecule has 2 N–H and O–H groups in total. The first-order valence-electron chi connectivity index (χ1n) is 5.81. The monoisotopic (exact) mass is 199 g/mol. The molecule has 0 radical (unpaired) electrons. The number of hydrogen-bond acceptors (Lipinski definition) is 2.